The highest BCUT2D eigenvalue weighted by Crippen LogP contribution is 2.36. The van der Waals surface area contributed by atoms with Gasteiger partial charge in [0.1, 0.15) is 30.0 Å². The Morgan fingerprint density at radius 3 is 2.56 bits per heavy atom. The first kappa shape index (κ1) is 31.0. The summed E-state index contributed by atoms with van der Waals surface area (Å²) in [6, 6.07) is 6.11. The molecule has 0 bridgehead atoms. The lowest BCUT2D eigenvalue weighted by Gasteiger charge is -2.45. The van der Waals surface area contributed by atoms with Crippen molar-refractivity contribution in [3.8, 4) is 17.3 Å². The number of halogens is 4. The van der Waals surface area contributed by atoms with Crippen LogP contribution < -0.4 is 10.2 Å². The van der Waals surface area contributed by atoms with Gasteiger partial charge in [-0.25, -0.2) is 17.9 Å². The van der Waals surface area contributed by atoms with Gasteiger partial charge in [0.15, 0.2) is 23.6 Å². The van der Waals surface area contributed by atoms with E-state index < -0.39 is 72.6 Å². The summed E-state index contributed by atoms with van der Waals surface area (Å²) >= 11 is 3.34. The number of rotatable bonds is 7. The number of nitrogens with zero attached hydrogens (tertiary/aromatic N) is 5. The number of nitriles is 1. The van der Waals surface area contributed by atoms with Crippen molar-refractivity contribution >= 4 is 27.5 Å². The number of hydrogen-bond donors (Lipinski definition) is 4. The molecular formula is C27H26BrF3N6O6. The number of carbonyl (C=O) groups excluding carboxylic acids is 1. The summed E-state index contributed by atoms with van der Waals surface area (Å²) in [6.07, 6.45) is -5.33. The van der Waals surface area contributed by atoms with Crippen LogP contribution in [0.5, 0.6) is 0 Å². The van der Waals surface area contributed by atoms with Crippen LogP contribution in [0.15, 0.2) is 41.0 Å². The number of methoxy groups -OCH3 is 1. The molecule has 43 heavy (non-hydrogen) atoms. The van der Waals surface area contributed by atoms with Crippen LogP contribution in [0.3, 0.4) is 0 Å². The van der Waals surface area contributed by atoms with Gasteiger partial charge in [-0.3, -0.25) is 4.79 Å². The smallest absolute Gasteiger partial charge is 0.259 e. The number of hydrogen-bond acceptors (Lipinski definition) is 10. The van der Waals surface area contributed by atoms with E-state index in [1.807, 2.05) is 6.07 Å². The molecule has 3 heterocycles. The number of aliphatic hydroxyl groups excluding tert-OH is 3. The van der Waals surface area contributed by atoms with Gasteiger partial charge in [0.05, 0.1) is 36.6 Å². The van der Waals surface area contributed by atoms with Crippen molar-refractivity contribution < 1.29 is 42.8 Å². The zero-order valence-electron chi connectivity index (χ0n) is 22.4. The highest BCUT2D eigenvalue weighted by atomic mass is 79.9. The van der Waals surface area contributed by atoms with E-state index in [4.69, 9.17) is 9.47 Å². The van der Waals surface area contributed by atoms with Gasteiger partial charge >= 0.3 is 0 Å². The van der Waals surface area contributed by atoms with Gasteiger partial charge in [0, 0.05) is 35.9 Å². The molecule has 7 atom stereocenters. The van der Waals surface area contributed by atoms with Crippen LogP contribution in [0.4, 0.5) is 18.9 Å². The Hall–Kier alpha value is -3.43. The molecule has 2 fully saturated rings. The highest BCUT2D eigenvalue weighted by molar-refractivity contribution is 9.10. The molecule has 0 spiro atoms. The molecule has 0 aliphatic carbocycles. The van der Waals surface area contributed by atoms with Crippen molar-refractivity contribution in [3.63, 3.8) is 0 Å². The van der Waals surface area contributed by atoms with E-state index in [9.17, 15) is 38.5 Å². The lowest BCUT2D eigenvalue weighted by atomic mass is 9.91. The van der Waals surface area contributed by atoms with Crippen molar-refractivity contribution in [2.75, 3.05) is 31.7 Å². The molecule has 2 aliphatic heterocycles. The van der Waals surface area contributed by atoms with E-state index in [0.717, 1.165) is 16.8 Å². The van der Waals surface area contributed by atoms with Crippen LogP contribution in [0.1, 0.15) is 11.6 Å². The molecule has 2 saturated heterocycles. The van der Waals surface area contributed by atoms with Gasteiger partial charge in [0.2, 0.25) is 0 Å². The molecule has 2 aliphatic rings. The average Bonchev–Trinajstić information content (AvgIpc) is 3.64. The highest BCUT2D eigenvalue weighted by Gasteiger charge is 2.52. The lowest BCUT2D eigenvalue weighted by molar-refractivity contribution is -0.211. The molecule has 0 saturated carbocycles. The zero-order chi connectivity index (χ0) is 31.0. The number of nitrogens with one attached hydrogen (secondary N) is 1. The second-order valence-electron chi connectivity index (χ2n) is 10.1. The fourth-order valence-corrected chi connectivity index (χ4v) is 5.91. The molecule has 5 rings (SSSR count). The first-order valence-electron chi connectivity index (χ1n) is 13.0. The van der Waals surface area contributed by atoms with E-state index in [1.54, 1.807) is 12.1 Å². The van der Waals surface area contributed by atoms with E-state index in [2.05, 4.69) is 31.6 Å². The molecule has 0 radical (unpaired) electrons. The number of aliphatic hydroxyl groups is 3. The SMILES string of the molecule is CO[C@@H]1[C@@H](n2cc(-c3cc(F)c(F)c(F)c3)nn2)[C@@H](O)[C@@H](CO)O[C@H]1C(=O)N(c1cc(Br)cc(C#N)c1)[C@@H]1CNC[C@H]1O. The molecule has 228 valence electrons. The maximum absolute atomic E-state index is 14.3. The summed E-state index contributed by atoms with van der Waals surface area (Å²) in [6.45, 7) is -0.311. The lowest BCUT2D eigenvalue weighted by Crippen LogP contribution is -2.63. The largest absolute Gasteiger partial charge is 0.394 e. The maximum Gasteiger partial charge on any atom is 0.259 e. The van der Waals surface area contributed by atoms with Crippen molar-refractivity contribution in [2.45, 2.75) is 42.6 Å². The monoisotopic (exact) mass is 666 g/mol. The van der Waals surface area contributed by atoms with Gasteiger partial charge < -0.3 is 35.0 Å². The fourth-order valence-electron chi connectivity index (χ4n) is 5.43. The van der Waals surface area contributed by atoms with E-state index >= 15 is 0 Å². The summed E-state index contributed by atoms with van der Waals surface area (Å²) in [5.41, 5.74) is 0.297. The molecule has 1 aromatic heterocycles. The number of benzene rings is 2. The third-order valence-electron chi connectivity index (χ3n) is 7.49. The molecule has 0 unspecified atom stereocenters. The van der Waals surface area contributed by atoms with Gasteiger partial charge in [-0.2, -0.15) is 5.26 Å². The molecule has 12 nitrogen and oxygen atoms in total. The van der Waals surface area contributed by atoms with E-state index in [1.165, 1.54) is 24.3 Å². The first-order valence-corrected chi connectivity index (χ1v) is 13.8. The summed E-state index contributed by atoms with van der Waals surface area (Å²) in [5, 5.41) is 52.4. The molecule has 1 amide bonds. The zero-order valence-corrected chi connectivity index (χ0v) is 24.0. The number of amides is 1. The second kappa shape index (κ2) is 12.7. The summed E-state index contributed by atoms with van der Waals surface area (Å²) in [4.78, 5) is 15.6. The summed E-state index contributed by atoms with van der Waals surface area (Å²) < 4.78 is 54.4. The normalized spacial score (nSPS) is 27.2. The van der Waals surface area contributed by atoms with Crippen molar-refractivity contribution in [1.29, 1.82) is 5.26 Å². The third-order valence-corrected chi connectivity index (χ3v) is 7.95. The molecule has 16 heteroatoms. The predicted molar refractivity (Wildman–Crippen MR) is 146 cm³/mol. The van der Waals surface area contributed by atoms with Crippen LogP contribution >= 0.6 is 15.9 Å². The van der Waals surface area contributed by atoms with Crippen LogP contribution in [-0.4, -0.2) is 99.6 Å². The number of ether oxygens (including phenoxy) is 2. The van der Waals surface area contributed by atoms with Gasteiger partial charge in [0.25, 0.3) is 5.91 Å². The Morgan fingerprint density at radius 2 is 1.95 bits per heavy atom. The Morgan fingerprint density at radius 1 is 1.23 bits per heavy atom. The van der Waals surface area contributed by atoms with Crippen LogP contribution in [0.25, 0.3) is 11.3 Å². The minimum absolute atomic E-state index is 0.0743. The third kappa shape index (κ3) is 5.89. The average molecular weight is 667 g/mol. The van der Waals surface area contributed by atoms with Crippen LogP contribution in [0, 0.1) is 28.8 Å². The first-order chi connectivity index (χ1) is 20.6. The number of carbonyl (C=O) groups is 1. The Bertz CT molecular complexity index is 1530. The molecule has 3 aromatic rings. The molecule has 4 N–H and O–H groups in total. The van der Waals surface area contributed by atoms with Crippen molar-refractivity contribution in [2.24, 2.45) is 0 Å². The van der Waals surface area contributed by atoms with Gasteiger partial charge in [-0.05, 0) is 30.3 Å². The molecule has 2 aromatic carbocycles. The Kier molecular flexibility index (Phi) is 9.13. The minimum Gasteiger partial charge on any atom is -0.394 e. The van der Waals surface area contributed by atoms with E-state index in [0.29, 0.717) is 4.47 Å². The number of aromatic nitrogens is 3. The van der Waals surface area contributed by atoms with Gasteiger partial charge in [-0.1, -0.05) is 21.1 Å². The van der Waals surface area contributed by atoms with Crippen molar-refractivity contribution in [1.82, 2.24) is 20.3 Å². The van der Waals surface area contributed by atoms with Crippen LogP contribution in [-0.2, 0) is 14.3 Å². The quantitative estimate of drug-likeness (QED) is 0.268. The van der Waals surface area contributed by atoms with Crippen molar-refractivity contribution in [3.05, 3.63) is 64.0 Å². The number of anilines is 1. The fraction of sp³-hybridized carbons (Fsp3) is 0.407. The second-order valence-corrected chi connectivity index (χ2v) is 11.0. The van der Waals surface area contributed by atoms with Crippen LogP contribution in [0.2, 0.25) is 0 Å². The molecular weight excluding hydrogens is 641 g/mol. The van der Waals surface area contributed by atoms with Gasteiger partial charge in [-0.15, -0.1) is 5.10 Å². The minimum atomic E-state index is -1.65. The Labute approximate surface area is 251 Å². The topological polar surface area (TPSA) is 166 Å². The maximum atomic E-state index is 14.3. The number of β-amino-alcohol motifs (C(OH)–C–C–N with tert-alkyl or cyclic N) is 1. The predicted octanol–water partition coefficient (Wildman–Crippen LogP) is 1.04. The van der Waals surface area contributed by atoms with E-state index in [-0.39, 0.29) is 35.6 Å². The summed E-state index contributed by atoms with van der Waals surface area (Å²) in [5.74, 6) is -5.23. The Balaban J connectivity index is 1.55. The summed E-state index contributed by atoms with van der Waals surface area (Å²) in [7, 11) is 1.26. The standard InChI is InChI=1S/C27H26BrF3N6O6/c1-42-25-23(36-10-18(34-35-36)13-4-16(29)22(31)17(30)5-13)24(40)21(11-38)43-26(25)27(41)37(19-8-33-9-20(19)39)15-3-12(7-32)2-14(28)6-15/h2-6,10,19-21,23-26,33,38-40H,8-9,11H2,1H3/t19-,20-,21-,23+,24+,25-,26-/m1/s1.